The molecule has 0 atom stereocenters. The number of hydrogen-bond acceptors (Lipinski definition) is 7. The van der Waals surface area contributed by atoms with Crippen LogP contribution in [0, 0.1) is 6.92 Å². The Labute approximate surface area is 200 Å². The fourth-order valence-corrected chi connectivity index (χ4v) is 4.56. The molecule has 0 aliphatic heterocycles. The molecule has 0 saturated heterocycles. The van der Waals surface area contributed by atoms with Gasteiger partial charge in [-0.05, 0) is 73.3 Å². The molecule has 0 saturated carbocycles. The molecule has 1 N–H and O–H groups in total. The van der Waals surface area contributed by atoms with E-state index in [1.54, 1.807) is 27.7 Å². The maximum atomic E-state index is 12.6. The summed E-state index contributed by atoms with van der Waals surface area (Å²) >= 11 is 4.44. The number of carbonyl (C=O) groups excluding carboxylic acids is 3. The highest BCUT2D eigenvalue weighted by Crippen LogP contribution is 2.34. The number of esters is 2. The topological polar surface area (TPSA) is 90.9 Å². The molecule has 0 spiro atoms. The maximum Gasteiger partial charge on any atom is 0.348 e. The lowest BCUT2D eigenvalue weighted by Gasteiger charge is -2.10. The molecule has 0 aliphatic rings. The molecule has 0 radical (unpaired) electrons. The number of ether oxygens (including phenoxy) is 3. The summed E-state index contributed by atoms with van der Waals surface area (Å²) in [6, 6.07) is 5.72. The molecule has 2 aromatic rings. The van der Waals surface area contributed by atoms with E-state index in [1.807, 2.05) is 18.2 Å². The number of hydrogen-bond donors (Lipinski definition) is 1. The van der Waals surface area contributed by atoms with E-state index in [1.165, 1.54) is 5.56 Å². The van der Waals surface area contributed by atoms with Crippen molar-refractivity contribution in [1.29, 1.82) is 0 Å². The van der Waals surface area contributed by atoms with E-state index >= 15 is 0 Å². The van der Waals surface area contributed by atoms with E-state index in [-0.39, 0.29) is 34.8 Å². The van der Waals surface area contributed by atoms with E-state index in [0.717, 1.165) is 28.7 Å². The first-order valence-corrected chi connectivity index (χ1v) is 12.0. The molecule has 0 fully saturated rings. The zero-order chi connectivity index (χ0) is 23.8. The van der Waals surface area contributed by atoms with Crippen molar-refractivity contribution in [2.75, 3.05) is 18.5 Å². The van der Waals surface area contributed by atoms with E-state index in [4.69, 9.17) is 14.2 Å². The molecule has 0 aliphatic carbocycles. The number of rotatable bonds is 10. The van der Waals surface area contributed by atoms with Crippen LogP contribution in [-0.4, -0.2) is 37.2 Å². The van der Waals surface area contributed by atoms with Crippen molar-refractivity contribution in [2.45, 2.75) is 53.6 Å². The van der Waals surface area contributed by atoms with Gasteiger partial charge in [0.25, 0.3) is 5.91 Å². The normalized spacial score (nSPS) is 10.7. The van der Waals surface area contributed by atoms with Crippen molar-refractivity contribution in [3.8, 4) is 5.75 Å². The zero-order valence-electron chi connectivity index (χ0n) is 18.9. The molecule has 1 amide bonds. The van der Waals surface area contributed by atoms with Crippen LogP contribution >= 0.6 is 27.3 Å². The monoisotopic (exact) mass is 525 g/mol. The first kappa shape index (κ1) is 25.9. The smallest absolute Gasteiger partial charge is 0.348 e. The van der Waals surface area contributed by atoms with Crippen molar-refractivity contribution < 1.29 is 28.6 Å². The molecule has 174 valence electrons. The van der Waals surface area contributed by atoms with Crippen LogP contribution < -0.4 is 10.1 Å². The van der Waals surface area contributed by atoms with Crippen molar-refractivity contribution in [3.05, 3.63) is 44.2 Å². The van der Waals surface area contributed by atoms with Crippen molar-refractivity contribution in [3.63, 3.8) is 0 Å². The lowest BCUT2D eigenvalue weighted by Crippen LogP contribution is -2.21. The first-order chi connectivity index (χ1) is 15.2. The van der Waals surface area contributed by atoms with Crippen LogP contribution in [0.2, 0.25) is 0 Å². The second-order valence-corrected chi connectivity index (χ2v) is 9.16. The quantitative estimate of drug-likeness (QED) is 0.410. The predicted molar refractivity (Wildman–Crippen MR) is 128 cm³/mol. The third-order valence-electron chi connectivity index (χ3n) is 4.30. The average Bonchev–Trinajstić information content (AvgIpc) is 3.03. The van der Waals surface area contributed by atoms with Gasteiger partial charge < -0.3 is 19.5 Å². The van der Waals surface area contributed by atoms with Crippen LogP contribution in [-0.2, 0) is 20.7 Å². The molecule has 0 unspecified atom stereocenters. The summed E-state index contributed by atoms with van der Waals surface area (Å²) in [7, 11) is 0. The van der Waals surface area contributed by atoms with Gasteiger partial charge in [-0.15, -0.1) is 11.3 Å². The highest BCUT2D eigenvalue weighted by molar-refractivity contribution is 9.10. The van der Waals surface area contributed by atoms with Gasteiger partial charge in [-0.2, -0.15) is 0 Å². The van der Waals surface area contributed by atoms with Crippen LogP contribution in [0.1, 0.15) is 65.3 Å². The van der Waals surface area contributed by atoms with Crippen LogP contribution in [0.4, 0.5) is 5.00 Å². The average molecular weight is 526 g/mol. The number of aryl methyl sites for hydroxylation is 1. The van der Waals surface area contributed by atoms with E-state index in [0.29, 0.717) is 11.3 Å². The lowest BCUT2D eigenvalue weighted by atomic mass is 10.1. The van der Waals surface area contributed by atoms with Gasteiger partial charge in [0.2, 0.25) is 0 Å². The molecule has 32 heavy (non-hydrogen) atoms. The largest absolute Gasteiger partial charge is 0.483 e. The zero-order valence-corrected chi connectivity index (χ0v) is 21.3. The van der Waals surface area contributed by atoms with E-state index < -0.39 is 17.8 Å². The Balaban J connectivity index is 2.18. The van der Waals surface area contributed by atoms with Gasteiger partial charge in [0.05, 0.1) is 22.7 Å². The minimum atomic E-state index is -0.615. The number of benzene rings is 1. The summed E-state index contributed by atoms with van der Waals surface area (Å²) in [6.07, 6.45) is 1.67. The summed E-state index contributed by atoms with van der Waals surface area (Å²) in [4.78, 5) is 37.7. The molecule has 1 heterocycles. The van der Waals surface area contributed by atoms with Crippen LogP contribution in [0.25, 0.3) is 0 Å². The van der Waals surface area contributed by atoms with Crippen molar-refractivity contribution >= 4 is 50.1 Å². The second kappa shape index (κ2) is 12.0. The number of amides is 1. The molecule has 9 heteroatoms. The van der Waals surface area contributed by atoms with Gasteiger partial charge in [-0.3, -0.25) is 4.79 Å². The fraction of sp³-hybridized carbons (Fsp3) is 0.435. The molecule has 7 nitrogen and oxygen atoms in total. The standard InChI is InChI=1S/C23H28BrNO6S/c1-6-8-15-9-10-17(16(24)11-15)30-12-18(26)25-21-19(22(27)29-7-2)14(5)20(32-21)23(28)31-13(3)4/h9-11,13H,6-8,12H2,1-5H3,(H,25,26). The van der Waals surface area contributed by atoms with Gasteiger partial charge in [-0.1, -0.05) is 19.4 Å². The second-order valence-electron chi connectivity index (χ2n) is 7.29. The molecule has 2 rings (SSSR count). The number of thiophene rings is 1. The molecule has 1 aromatic carbocycles. The van der Waals surface area contributed by atoms with Gasteiger partial charge in [0.15, 0.2) is 6.61 Å². The Bertz CT molecular complexity index is 985. The van der Waals surface area contributed by atoms with Gasteiger partial charge in [0.1, 0.15) is 15.6 Å². The fourth-order valence-electron chi connectivity index (χ4n) is 2.92. The molecular weight excluding hydrogens is 498 g/mol. The Morgan fingerprint density at radius 1 is 1.16 bits per heavy atom. The first-order valence-electron chi connectivity index (χ1n) is 10.4. The Kier molecular flexibility index (Phi) is 9.71. The van der Waals surface area contributed by atoms with Crippen LogP contribution in [0.5, 0.6) is 5.75 Å². The summed E-state index contributed by atoms with van der Waals surface area (Å²) in [5, 5.41) is 2.90. The van der Waals surface area contributed by atoms with Gasteiger partial charge >= 0.3 is 11.9 Å². The highest BCUT2D eigenvalue weighted by atomic mass is 79.9. The third-order valence-corrected chi connectivity index (χ3v) is 6.11. The summed E-state index contributed by atoms with van der Waals surface area (Å²) < 4.78 is 16.7. The van der Waals surface area contributed by atoms with Crippen LogP contribution in [0.15, 0.2) is 22.7 Å². The van der Waals surface area contributed by atoms with E-state index in [9.17, 15) is 14.4 Å². The molecule has 0 bridgehead atoms. The summed E-state index contributed by atoms with van der Waals surface area (Å²) in [5.41, 5.74) is 1.72. The third kappa shape index (κ3) is 6.80. The summed E-state index contributed by atoms with van der Waals surface area (Å²) in [6.45, 7) is 8.78. The maximum absolute atomic E-state index is 12.6. The minimum absolute atomic E-state index is 0.144. The Morgan fingerprint density at radius 2 is 1.88 bits per heavy atom. The van der Waals surface area contributed by atoms with Gasteiger partial charge in [-0.25, -0.2) is 9.59 Å². The SMILES string of the molecule is CCCc1ccc(OCC(=O)Nc2sc(C(=O)OC(C)C)c(C)c2C(=O)OCC)c(Br)c1. The minimum Gasteiger partial charge on any atom is -0.483 e. The Hall–Kier alpha value is -2.39. The number of anilines is 1. The summed E-state index contributed by atoms with van der Waals surface area (Å²) in [5.74, 6) is -1.10. The highest BCUT2D eigenvalue weighted by Gasteiger charge is 2.27. The van der Waals surface area contributed by atoms with Crippen LogP contribution in [0.3, 0.4) is 0 Å². The number of nitrogens with one attached hydrogen (secondary N) is 1. The predicted octanol–water partition coefficient (Wildman–Crippen LogP) is 5.53. The molecule has 1 aromatic heterocycles. The van der Waals surface area contributed by atoms with Crippen molar-refractivity contribution in [1.82, 2.24) is 0 Å². The lowest BCUT2D eigenvalue weighted by molar-refractivity contribution is -0.118. The Morgan fingerprint density at radius 3 is 2.47 bits per heavy atom. The molecular formula is C23H28BrNO6S. The number of halogens is 1. The van der Waals surface area contributed by atoms with E-state index in [2.05, 4.69) is 28.2 Å². The number of carbonyl (C=O) groups is 3. The van der Waals surface area contributed by atoms with Crippen molar-refractivity contribution in [2.24, 2.45) is 0 Å². The van der Waals surface area contributed by atoms with Gasteiger partial charge in [0, 0.05) is 0 Å².